The third-order valence-corrected chi connectivity index (χ3v) is 3.91. The fourth-order valence-electron chi connectivity index (χ4n) is 2.60. The van der Waals surface area contributed by atoms with E-state index in [0.717, 1.165) is 11.5 Å². The quantitative estimate of drug-likeness (QED) is 0.783. The van der Waals surface area contributed by atoms with Gasteiger partial charge in [0.15, 0.2) is 0 Å². The van der Waals surface area contributed by atoms with Crippen molar-refractivity contribution in [2.75, 3.05) is 0 Å². The third kappa shape index (κ3) is 3.32. The van der Waals surface area contributed by atoms with Crippen LogP contribution in [0.3, 0.4) is 0 Å². The van der Waals surface area contributed by atoms with Gasteiger partial charge >= 0.3 is 0 Å². The van der Waals surface area contributed by atoms with Crippen LogP contribution in [0.15, 0.2) is 41.1 Å². The van der Waals surface area contributed by atoms with Crippen molar-refractivity contribution >= 4 is 0 Å². The van der Waals surface area contributed by atoms with Crippen molar-refractivity contribution in [2.24, 2.45) is 0 Å². The van der Waals surface area contributed by atoms with E-state index in [4.69, 9.17) is 4.42 Å². The fourth-order valence-corrected chi connectivity index (χ4v) is 2.60. The van der Waals surface area contributed by atoms with Crippen molar-refractivity contribution in [1.29, 1.82) is 0 Å². The van der Waals surface area contributed by atoms with Crippen molar-refractivity contribution < 1.29 is 4.42 Å². The predicted molar refractivity (Wildman–Crippen MR) is 87.3 cm³/mol. The minimum atomic E-state index is 0.00164. The number of rotatable bonds is 5. The van der Waals surface area contributed by atoms with Gasteiger partial charge in [0.2, 0.25) is 11.8 Å². The van der Waals surface area contributed by atoms with Gasteiger partial charge in [-0.3, -0.25) is 5.32 Å². The molecule has 0 saturated heterocycles. The molecule has 0 aliphatic carbocycles. The molecule has 23 heavy (non-hydrogen) atoms. The van der Waals surface area contributed by atoms with Gasteiger partial charge in [-0.25, -0.2) is 4.98 Å². The van der Waals surface area contributed by atoms with Gasteiger partial charge in [0.25, 0.3) is 0 Å². The molecule has 0 unspecified atom stereocenters. The average molecular weight is 311 g/mol. The fraction of sp³-hybridized carbons (Fsp3) is 0.353. The number of nitrogens with one attached hydrogen (secondary N) is 1. The second-order valence-corrected chi connectivity index (χ2v) is 5.71. The third-order valence-electron chi connectivity index (χ3n) is 3.91. The second kappa shape index (κ2) is 6.34. The van der Waals surface area contributed by atoms with E-state index in [9.17, 15) is 0 Å². The van der Waals surface area contributed by atoms with Crippen LogP contribution < -0.4 is 5.32 Å². The van der Waals surface area contributed by atoms with Crippen LogP contribution in [-0.2, 0) is 0 Å². The topological polar surface area (TPSA) is 68.8 Å². The summed E-state index contributed by atoms with van der Waals surface area (Å²) in [5.41, 5.74) is 2.31. The van der Waals surface area contributed by atoms with Gasteiger partial charge in [0.1, 0.15) is 5.82 Å². The van der Waals surface area contributed by atoms with Gasteiger partial charge in [-0.1, -0.05) is 12.1 Å². The first-order valence-electron chi connectivity index (χ1n) is 7.71. The van der Waals surface area contributed by atoms with Gasteiger partial charge in [-0.05, 0) is 38.5 Å². The Kier molecular flexibility index (Phi) is 4.25. The van der Waals surface area contributed by atoms with Crippen LogP contribution in [0.5, 0.6) is 0 Å². The van der Waals surface area contributed by atoms with E-state index in [1.54, 1.807) is 6.92 Å². The van der Waals surface area contributed by atoms with E-state index in [2.05, 4.69) is 56.3 Å². The first kappa shape index (κ1) is 15.4. The van der Waals surface area contributed by atoms with E-state index >= 15 is 0 Å². The molecule has 3 rings (SSSR count). The summed E-state index contributed by atoms with van der Waals surface area (Å²) < 4.78 is 7.53. The highest BCUT2D eigenvalue weighted by Gasteiger charge is 2.16. The summed E-state index contributed by atoms with van der Waals surface area (Å²) in [7, 11) is 0. The van der Waals surface area contributed by atoms with E-state index in [1.807, 2.05) is 26.2 Å². The molecule has 0 bridgehead atoms. The van der Waals surface area contributed by atoms with Crippen molar-refractivity contribution in [3.05, 3.63) is 59.8 Å². The Hall–Kier alpha value is -2.47. The number of aryl methyl sites for hydroxylation is 2. The van der Waals surface area contributed by atoms with Gasteiger partial charge in [-0.2, -0.15) is 0 Å². The predicted octanol–water partition coefficient (Wildman–Crippen LogP) is 3.28. The Labute approximate surface area is 135 Å². The second-order valence-electron chi connectivity index (χ2n) is 5.71. The first-order chi connectivity index (χ1) is 11.0. The molecule has 0 radical (unpaired) electrons. The van der Waals surface area contributed by atoms with Crippen molar-refractivity contribution in [2.45, 2.75) is 39.8 Å². The molecular weight excluding hydrogens is 290 g/mol. The van der Waals surface area contributed by atoms with Gasteiger partial charge < -0.3 is 8.98 Å². The molecule has 2 aromatic heterocycles. The molecule has 0 saturated carbocycles. The maximum atomic E-state index is 5.47. The Bertz CT molecular complexity index is 774. The van der Waals surface area contributed by atoms with Crippen LogP contribution in [0.2, 0.25) is 0 Å². The number of nitrogens with zero attached hydrogens (tertiary/aromatic N) is 4. The largest absolute Gasteiger partial charge is 0.424 e. The first-order valence-corrected chi connectivity index (χ1v) is 7.71. The Morgan fingerprint density at radius 2 is 1.78 bits per heavy atom. The monoisotopic (exact) mass is 311 g/mol. The Balaban J connectivity index is 1.70. The highest BCUT2D eigenvalue weighted by atomic mass is 16.4. The molecule has 120 valence electrons. The molecule has 0 amide bonds. The number of hydrogen-bond donors (Lipinski definition) is 1. The van der Waals surface area contributed by atoms with Crippen LogP contribution in [0.4, 0.5) is 0 Å². The standard InChI is InChI=1S/C17H21N5O/c1-11(19-12(2)17-21-20-14(4)23-17)15-5-7-16(8-6-15)22-10-9-18-13(22)3/h5-12,19H,1-4H3/t11-,12+/m1/s1. The molecule has 6 nitrogen and oxygen atoms in total. The number of aromatic nitrogens is 4. The zero-order chi connectivity index (χ0) is 16.4. The van der Waals surface area contributed by atoms with Crippen molar-refractivity contribution in [3.8, 4) is 5.69 Å². The molecule has 1 aromatic carbocycles. The van der Waals surface area contributed by atoms with Crippen LogP contribution in [-0.4, -0.2) is 19.7 Å². The molecule has 2 atom stereocenters. The average Bonchev–Trinajstić information content (AvgIpc) is 3.16. The molecule has 0 fully saturated rings. The molecule has 0 spiro atoms. The summed E-state index contributed by atoms with van der Waals surface area (Å²) in [5, 5.41) is 11.4. The summed E-state index contributed by atoms with van der Waals surface area (Å²) in [6, 6.07) is 8.63. The molecule has 3 aromatic rings. The molecule has 6 heteroatoms. The molecule has 1 N–H and O–H groups in total. The maximum absolute atomic E-state index is 5.47. The molecule has 2 heterocycles. The van der Waals surface area contributed by atoms with E-state index in [1.165, 1.54) is 5.56 Å². The highest BCUT2D eigenvalue weighted by Crippen LogP contribution is 2.20. The van der Waals surface area contributed by atoms with Crippen molar-refractivity contribution in [1.82, 2.24) is 25.1 Å². The molecule has 0 aliphatic heterocycles. The van der Waals surface area contributed by atoms with Crippen LogP contribution in [0.1, 0.15) is 49.1 Å². The zero-order valence-corrected chi connectivity index (χ0v) is 13.8. The number of benzene rings is 1. The number of hydrogen-bond acceptors (Lipinski definition) is 5. The minimum Gasteiger partial charge on any atom is -0.424 e. The van der Waals surface area contributed by atoms with Gasteiger partial charge in [0, 0.05) is 31.0 Å². The summed E-state index contributed by atoms with van der Waals surface area (Å²) in [5.74, 6) is 2.17. The van der Waals surface area contributed by atoms with Crippen LogP contribution in [0.25, 0.3) is 5.69 Å². The van der Waals surface area contributed by atoms with E-state index in [-0.39, 0.29) is 12.1 Å². The molecule has 0 aliphatic rings. The maximum Gasteiger partial charge on any atom is 0.233 e. The Morgan fingerprint density at radius 3 is 2.35 bits per heavy atom. The van der Waals surface area contributed by atoms with E-state index in [0.29, 0.717) is 11.8 Å². The lowest BCUT2D eigenvalue weighted by Crippen LogP contribution is -2.22. The number of imidazole rings is 1. The summed E-state index contributed by atoms with van der Waals surface area (Å²) >= 11 is 0. The highest BCUT2D eigenvalue weighted by molar-refractivity contribution is 5.36. The SMILES string of the molecule is Cc1nnc([C@H](C)N[C@H](C)c2ccc(-n3ccnc3C)cc2)o1. The summed E-state index contributed by atoms with van der Waals surface area (Å²) in [6.07, 6.45) is 3.77. The van der Waals surface area contributed by atoms with Crippen LogP contribution >= 0.6 is 0 Å². The summed E-state index contributed by atoms with van der Waals surface area (Å²) in [6.45, 7) is 7.93. The van der Waals surface area contributed by atoms with Gasteiger partial charge in [0.05, 0.1) is 6.04 Å². The summed E-state index contributed by atoms with van der Waals surface area (Å²) in [4.78, 5) is 4.25. The smallest absolute Gasteiger partial charge is 0.233 e. The van der Waals surface area contributed by atoms with E-state index < -0.39 is 0 Å². The van der Waals surface area contributed by atoms with Crippen molar-refractivity contribution in [3.63, 3.8) is 0 Å². The molecular formula is C17H21N5O. The lowest BCUT2D eigenvalue weighted by Gasteiger charge is -2.18. The van der Waals surface area contributed by atoms with Gasteiger partial charge in [-0.15, -0.1) is 10.2 Å². The van der Waals surface area contributed by atoms with Crippen LogP contribution in [0, 0.1) is 13.8 Å². The lowest BCUT2D eigenvalue weighted by molar-refractivity contribution is 0.380. The Morgan fingerprint density at radius 1 is 1.04 bits per heavy atom. The lowest BCUT2D eigenvalue weighted by atomic mass is 10.1. The zero-order valence-electron chi connectivity index (χ0n) is 13.8. The minimum absolute atomic E-state index is 0.00164. The normalized spacial score (nSPS) is 13.9.